The van der Waals surface area contributed by atoms with E-state index in [1.165, 1.54) is 20.2 Å². The molecule has 17 heavy (non-hydrogen) atoms. The molecule has 1 amide bonds. The van der Waals surface area contributed by atoms with Crippen molar-refractivity contribution < 1.29 is 19.1 Å². The van der Waals surface area contributed by atoms with E-state index in [0.29, 0.717) is 16.5 Å². The van der Waals surface area contributed by atoms with Crippen LogP contribution in [0.3, 0.4) is 0 Å². The number of anilines is 1. The average Bonchev–Trinajstić information content (AvgIpc) is 2.35. The van der Waals surface area contributed by atoms with Crippen LogP contribution in [0, 0.1) is 0 Å². The number of methoxy groups -OCH3 is 2. The Morgan fingerprint density at radius 3 is 2.41 bits per heavy atom. The first-order valence-electron chi connectivity index (χ1n) is 4.70. The van der Waals surface area contributed by atoms with Gasteiger partial charge in [0.25, 0.3) is 0 Å². The van der Waals surface area contributed by atoms with Crippen LogP contribution in [-0.4, -0.2) is 33.1 Å². The lowest BCUT2D eigenvalue weighted by atomic mass is 10.2. The molecular weight excluding hydrogens is 246 g/mol. The summed E-state index contributed by atoms with van der Waals surface area (Å²) in [4.78, 5) is 23.7. The number of nitrogens with zero attached hydrogens (tertiary/aromatic N) is 1. The Hall–Kier alpha value is -1.75. The molecule has 0 fully saturated rings. The number of benzene rings is 1. The molecule has 6 heteroatoms. The summed E-state index contributed by atoms with van der Waals surface area (Å²) in [6.45, 7) is 0. The van der Waals surface area contributed by atoms with E-state index in [9.17, 15) is 9.59 Å². The predicted octanol–water partition coefficient (Wildman–Crippen LogP) is 1.48. The SMILES string of the molecule is COC(=O)C(=O)N(C)c1ccc(OC)c(Cl)c1. The summed E-state index contributed by atoms with van der Waals surface area (Å²) in [5.41, 5.74) is 0.478. The second kappa shape index (κ2) is 5.54. The van der Waals surface area contributed by atoms with Gasteiger partial charge in [0.15, 0.2) is 0 Å². The van der Waals surface area contributed by atoms with E-state index in [4.69, 9.17) is 16.3 Å². The first-order valence-corrected chi connectivity index (χ1v) is 5.08. The molecule has 0 bridgehead atoms. The number of carbonyl (C=O) groups is 2. The van der Waals surface area contributed by atoms with Crippen molar-refractivity contribution in [3.63, 3.8) is 0 Å². The molecule has 0 aromatic heterocycles. The lowest BCUT2D eigenvalue weighted by Crippen LogP contribution is -2.33. The highest BCUT2D eigenvalue weighted by Gasteiger charge is 2.20. The highest BCUT2D eigenvalue weighted by atomic mass is 35.5. The standard InChI is InChI=1S/C11H12ClNO4/c1-13(10(14)11(15)17-3)7-4-5-9(16-2)8(12)6-7/h4-6H,1-3H3. The number of esters is 1. The number of amides is 1. The second-order valence-corrected chi connectivity index (χ2v) is 3.58. The van der Waals surface area contributed by atoms with Crippen molar-refractivity contribution in [3.8, 4) is 5.75 Å². The van der Waals surface area contributed by atoms with Crippen LogP contribution >= 0.6 is 11.6 Å². The van der Waals surface area contributed by atoms with Crippen molar-refractivity contribution in [2.24, 2.45) is 0 Å². The molecular formula is C11H12ClNO4. The third-order valence-corrected chi connectivity index (χ3v) is 2.48. The Labute approximate surface area is 104 Å². The van der Waals surface area contributed by atoms with Crippen LogP contribution in [-0.2, 0) is 14.3 Å². The van der Waals surface area contributed by atoms with E-state index in [1.807, 2.05) is 0 Å². The fraction of sp³-hybridized carbons (Fsp3) is 0.273. The quantitative estimate of drug-likeness (QED) is 0.595. The zero-order valence-electron chi connectivity index (χ0n) is 9.69. The van der Waals surface area contributed by atoms with Crippen LogP contribution in [0.2, 0.25) is 5.02 Å². The molecule has 0 atom stereocenters. The van der Waals surface area contributed by atoms with Crippen molar-refractivity contribution in [2.75, 3.05) is 26.2 Å². The molecule has 0 aliphatic rings. The normalized spacial score (nSPS) is 9.65. The Balaban J connectivity index is 2.97. The maximum absolute atomic E-state index is 11.5. The number of ether oxygens (including phenoxy) is 2. The van der Waals surface area contributed by atoms with Crippen LogP contribution in [0.1, 0.15) is 0 Å². The van der Waals surface area contributed by atoms with E-state index in [1.54, 1.807) is 12.1 Å². The van der Waals surface area contributed by atoms with Crippen LogP contribution in [0.4, 0.5) is 5.69 Å². The third kappa shape index (κ3) is 2.88. The smallest absolute Gasteiger partial charge is 0.397 e. The topological polar surface area (TPSA) is 55.8 Å². The number of hydrogen-bond donors (Lipinski definition) is 0. The van der Waals surface area contributed by atoms with Crippen molar-refractivity contribution in [1.29, 1.82) is 0 Å². The van der Waals surface area contributed by atoms with Gasteiger partial charge < -0.3 is 14.4 Å². The molecule has 0 aliphatic carbocycles. The predicted molar refractivity (Wildman–Crippen MR) is 63.4 cm³/mol. The lowest BCUT2D eigenvalue weighted by molar-refractivity contribution is -0.151. The van der Waals surface area contributed by atoms with E-state index < -0.39 is 11.9 Å². The van der Waals surface area contributed by atoms with Gasteiger partial charge in [-0.15, -0.1) is 0 Å². The largest absolute Gasteiger partial charge is 0.495 e. The highest BCUT2D eigenvalue weighted by molar-refractivity contribution is 6.38. The maximum Gasteiger partial charge on any atom is 0.397 e. The number of likely N-dealkylation sites (N-methyl/N-ethyl adjacent to an activating group) is 1. The molecule has 1 aromatic carbocycles. The summed E-state index contributed by atoms with van der Waals surface area (Å²) in [6, 6.07) is 4.76. The van der Waals surface area contributed by atoms with Gasteiger partial charge in [-0.1, -0.05) is 11.6 Å². The number of carbonyl (C=O) groups excluding carboxylic acids is 2. The summed E-state index contributed by atoms with van der Waals surface area (Å²) in [7, 11) is 4.09. The van der Waals surface area contributed by atoms with E-state index in [0.717, 1.165) is 12.0 Å². The van der Waals surface area contributed by atoms with Crippen LogP contribution < -0.4 is 9.64 Å². The minimum atomic E-state index is -0.931. The second-order valence-electron chi connectivity index (χ2n) is 3.17. The van der Waals surface area contributed by atoms with Gasteiger partial charge in [0.1, 0.15) is 5.75 Å². The van der Waals surface area contributed by atoms with Gasteiger partial charge in [0.2, 0.25) is 0 Å². The Morgan fingerprint density at radius 2 is 1.94 bits per heavy atom. The fourth-order valence-corrected chi connectivity index (χ4v) is 1.46. The number of rotatable bonds is 2. The molecule has 0 saturated carbocycles. The van der Waals surface area contributed by atoms with Gasteiger partial charge in [-0.2, -0.15) is 0 Å². The van der Waals surface area contributed by atoms with E-state index >= 15 is 0 Å². The van der Waals surface area contributed by atoms with Gasteiger partial charge in [0.05, 0.1) is 19.2 Å². The van der Waals surface area contributed by atoms with Crippen molar-refractivity contribution in [1.82, 2.24) is 0 Å². The Morgan fingerprint density at radius 1 is 1.29 bits per heavy atom. The molecule has 0 unspecified atom stereocenters. The summed E-state index contributed by atoms with van der Waals surface area (Å²) in [5, 5.41) is 0.356. The summed E-state index contributed by atoms with van der Waals surface area (Å²) in [6.07, 6.45) is 0. The number of halogens is 1. The van der Waals surface area contributed by atoms with Crippen molar-refractivity contribution >= 4 is 29.2 Å². The molecule has 0 heterocycles. The molecule has 0 spiro atoms. The molecule has 0 saturated heterocycles. The molecule has 1 aromatic rings. The summed E-state index contributed by atoms with van der Waals surface area (Å²) >= 11 is 5.91. The van der Waals surface area contributed by atoms with Gasteiger partial charge in [-0.3, -0.25) is 4.79 Å². The monoisotopic (exact) mass is 257 g/mol. The fourth-order valence-electron chi connectivity index (χ4n) is 1.21. The highest BCUT2D eigenvalue weighted by Crippen LogP contribution is 2.28. The molecule has 0 aliphatic heterocycles. The minimum Gasteiger partial charge on any atom is -0.495 e. The van der Waals surface area contributed by atoms with Crippen molar-refractivity contribution in [3.05, 3.63) is 23.2 Å². The van der Waals surface area contributed by atoms with E-state index in [-0.39, 0.29) is 0 Å². The van der Waals surface area contributed by atoms with Gasteiger partial charge in [-0.05, 0) is 18.2 Å². The van der Waals surface area contributed by atoms with Gasteiger partial charge in [0, 0.05) is 12.7 Å². The van der Waals surface area contributed by atoms with Crippen LogP contribution in [0.25, 0.3) is 0 Å². The maximum atomic E-state index is 11.5. The zero-order chi connectivity index (χ0) is 13.0. The first-order chi connectivity index (χ1) is 8.01. The molecule has 0 radical (unpaired) electrons. The minimum absolute atomic E-state index is 0.356. The average molecular weight is 258 g/mol. The first kappa shape index (κ1) is 13.3. The van der Waals surface area contributed by atoms with E-state index in [2.05, 4.69) is 4.74 Å². The molecule has 92 valence electrons. The lowest BCUT2D eigenvalue weighted by Gasteiger charge is -2.16. The van der Waals surface area contributed by atoms with Crippen molar-refractivity contribution in [2.45, 2.75) is 0 Å². The number of hydrogen-bond acceptors (Lipinski definition) is 4. The van der Waals surface area contributed by atoms with Gasteiger partial charge in [-0.25, -0.2) is 4.79 Å². The zero-order valence-corrected chi connectivity index (χ0v) is 10.4. The summed E-state index contributed by atoms with van der Waals surface area (Å²) < 4.78 is 9.32. The van der Waals surface area contributed by atoms with Gasteiger partial charge >= 0.3 is 11.9 Å². The Bertz CT molecular complexity index is 447. The third-order valence-electron chi connectivity index (χ3n) is 2.19. The molecule has 5 nitrogen and oxygen atoms in total. The van der Waals surface area contributed by atoms with Crippen LogP contribution in [0.15, 0.2) is 18.2 Å². The molecule has 0 N–H and O–H groups in total. The Kier molecular flexibility index (Phi) is 4.34. The molecule has 1 rings (SSSR count). The van der Waals surface area contributed by atoms with Crippen LogP contribution in [0.5, 0.6) is 5.75 Å². The summed E-state index contributed by atoms with van der Waals surface area (Å²) in [5.74, 6) is -1.21.